The van der Waals surface area contributed by atoms with Gasteiger partial charge in [-0.3, -0.25) is 4.79 Å². The third kappa shape index (κ3) is 4.67. The zero-order chi connectivity index (χ0) is 20.2. The summed E-state index contributed by atoms with van der Waals surface area (Å²) in [5.74, 6) is -1.56. The molecule has 2 fully saturated rings. The second-order valence-corrected chi connectivity index (χ2v) is 6.48. The smallest absolute Gasteiger partial charge is 0.475 e. The number of likely N-dealkylation sites (tertiary alicyclic amines) is 1. The van der Waals surface area contributed by atoms with Crippen molar-refractivity contribution in [3.8, 4) is 6.07 Å². The molecular formula is C17H19F3N4O3. The quantitative estimate of drug-likeness (QED) is 0.797. The van der Waals surface area contributed by atoms with Crippen molar-refractivity contribution in [1.29, 1.82) is 5.26 Å². The van der Waals surface area contributed by atoms with Crippen LogP contribution in [-0.2, 0) is 9.59 Å². The van der Waals surface area contributed by atoms with E-state index in [0.717, 1.165) is 38.2 Å². The molecule has 146 valence electrons. The van der Waals surface area contributed by atoms with E-state index in [-0.39, 0.29) is 11.4 Å². The number of hydrogen-bond acceptors (Lipinski definition) is 5. The lowest BCUT2D eigenvalue weighted by molar-refractivity contribution is -0.192. The van der Waals surface area contributed by atoms with Crippen LogP contribution in [0.1, 0.15) is 31.2 Å². The van der Waals surface area contributed by atoms with E-state index in [4.69, 9.17) is 15.2 Å². The highest BCUT2D eigenvalue weighted by Gasteiger charge is 2.45. The standard InChI is InChI=1S/C15H18N4O.C2HF3O2/c1-18-14(20)4-5-15(18)6-8-19(9-7-15)13-3-2-12(10-16)11-17-13;3-2(4,5)1(6)7/h2-3,11H,4-9H2,1H3;(H,6,7). The van der Waals surface area contributed by atoms with Crippen LogP contribution in [0.15, 0.2) is 18.3 Å². The van der Waals surface area contributed by atoms with E-state index < -0.39 is 12.1 Å². The molecule has 1 aromatic rings. The summed E-state index contributed by atoms with van der Waals surface area (Å²) >= 11 is 0. The third-order valence-electron chi connectivity index (χ3n) is 5.03. The monoisotopic (exact) mass is 384 g/mol. The van der Waals surface area contributed by atoms with Gasteiger partial charge in [-0.2, -0.15) is 18.4 Å². The first-order valence-corrected chi connectivity index (χ1v) is 8.27. The second-order valence-electron chi connectivity index (χ2n) is 6.48. The number of anilines is 1. The molecule has 10 heteroatoms. The maximum atomic E-state index is 11.7. The largest absolute Gasteiger partial charge is 0.490 e. The number of aromatic nitrogens is 1. The Kier molecular flexibility index (Phi) is 5.93. The molecule has 27 heavy (non-hydrogen) atoms. The lowest BCUT2D eigenvalue weighted by atomic mass is 9.85. The fourth-order valence-corrected chi connectivity index (χ4v) is 3.32. The van der Waals surface area contributed by atoms with Crippen molar-refractivity contribution in [1.82, 2.24) is 9.88 Å². The minimum Gasteiger partial charge on any atom is -0.475 e. The predicted octanol–water partition coefficient (Wildman–Crippen LogP) is 2.18. The van der Waals surface area contributed by atoms with E-state index in [1.165, 1.54) is 0 Å². The van der Waals surface area contributed by atoms with Crippen LogP contribution < -0.4 is 4.90 Å². The molecule has 7 nitrogen and oxygen atoms in total. The van der Waals surface area contributed by atoms with E-state index in [1.54, 1.807) is 12.3 Å². The highest BCUT2D eigenvalue weighted by Crippen LogP contribution is 2.38. The van der Waals surface area contributed by atoms with E-state index in [0.29, 0.717) is 12.0 Å². The lowest BCUT2D eigenvalue weighted by Gasteiger charge is -2.43. The summed E-state index contributed by atoms with van der Waals surface area (Å²) in [4.78, 5) is 29.2. The Labute approximate surface area is 154 Å². The summed E-state index contributed by atoms with van der Waals surface area (Å²) in [5, 5.41) is 15.9. The average molecular weight is 384 g/mol. The highest BCUT2D eigenvalue weighted by molar-refractivity contribution is 5.79. The maximum Gasteiger partial charge on any atom is 0.490 e. The first kappa shape index (κ1) is 20.5. The van der Waals surface area contributed by atoms with Crippen LogP contribution in [0.4, 0.5) is 19.0 Å². The molecular weight excluding hydrogens is 365 g/mol. The number of piperidine rings is 1. The molecule has 1 aromatic heterocycles. The summed E-state index contributed by atoms with van der Waals surface area (Å²) in [6.07, 6.45) is 0.196. The van der Waals surface area contributed by atoms with Gasteiger partial charge in [0.15, 0.2) is 0 Å². The second kappa shape index (κ2) is 7.82. The zero-order valence-corrected chi connectivity index (χ0v) is 14.7. The molecule has 0 atom stereocenters. The van der Waals surface area contributed by atoms with E-state index in [1.807, 2.05) is 18.0 Å². The molecule has 0 bridgehead atoms. The van der Waals surface area contributed by atoms with Crippen molar-refractivity contribution in [3.63, 3.8) is 0 Å². The molecule has 0 saturated carbocycles. The molecule has 1 spiro atoms. The van der Waals surface area contributed by atoms with Gasteiger partial charge in [0.25, 0.3) is 0 Å². The van der Waals surface area contributed by atoms with Gasteiger partial charge in [-0.25, -0.2) is 9.78 Å². The van der Waals surface area contributed by atoms with Gasteiger partial charge < -0.3 is 14.9 Å². The number of carboxylic acid groups (broad SMARTS) is 1. The number of aliphatic carboxylic acids is 1. The molecule has 2 aliphatic heterocycles. The van der Waals surface area contributed by atoms with Crippen molar-refractivity contribution >= 4 is 17.7 Å². The number of nitrogens with zero attached hydrogens (tertiary/aromatic N) is 4. The molecule has 1 N–H and O–H groups in total. The van der Waals surface area contributed by atoms with Gasteiger partial charge in [0.2, 0.25) is 5.91 Å². The number of amides is 1. The third-order valence-corrected chi connectivity index (χ3v) is 5.03. The van der Waals surface area contributed by atoms with Crippen LogP contribution in [0.25, 0.3) is 0 Å². The van der Waals surface area contributed by atoms with Gasteiger partial charge in [0.1, 0.15) is 11.9 Å². The summed E-state index contributed by atoms with van der Waals surface area (Å²) in [6, 6.07) is 5.79. The fourth-order valence-electron chi connectivity index (χ4n) is 3.32. The first-order chi connectivity index (χ1) is 12.6. The van der Waals surface area contributed by atoms with Crippen LogP contribution >= 0.6 is 0 Å². The molecule has 0 aromatic carbocycles. The molecule has 3 heterocycles. The minimum absolute atomic E-state index is 0.0696. The summed E-state index contributed by atoms with van der Waals surface area (Å²) in [7, 11) is 1.94. The number of halogens is 3. The maximum absolute atomic E-state index is 11.7. The fraction of sp³-hybridized carbons (Fsp3) is 0.529. The number of pyridine rings is 1. The molecule has 0 radical (unpaired) electrons. The lowest BCUT2D eigenvalue weighted by Crippen LogP contribution is -2.51. The van der Waals surface area contributed by atoms with Crippen molar-refractivity contribution in [2.75, 3.05) is 25.0 Å². The SMILES string of the molecule is CN1C(=O)CCC12CCN(c1ccc(C#N)cn1)CC2.O=C(O)C(F)(F)F. The Bertz CT molecular complexity index is 735. The van der Waals surface area contributed by atoms with Crippen molar-refractivity contribution in [2.45, 2.75) is 37.4 Å². The number of hydrogen-bond donors (Lipinski definition) is 1. The van der Waals surface area contributed by atoms with Gasteiger partial charge in [-0.1, -0.05) is 0 Å². The topological polar surface area (TPSA) is 97.5 Å². The van der Waals surface area contributed by atoms with Crippen LogP contribution in [-0.4, -0.2) is 58.7 Å². The Morgan fingerprint density at radius 3 is 2.26 bits per heavy atom. The van der Waals surface area contributed by atoms with Crippen molar-refractivity contribution in [2.24, 2.45) is 0 Å². The average Bonchev–Trinajstić information content (AvgIpc) is 2.91. The number of alkyl halides is 3. The summed E-state index contributed by atoms with van der Waals surface area (Å²) in [6.45, 7) is 1.83. The number of carbonyl (C=O) groups excluding carboxylic acids is 1. The Morgan fingerprint density at radius 1 is 1.30 bits per heavy atom. The van der Waals surface area contributed by atoms with E-state index in [2.05, 4.69) is 16.0 Å². The number of carboxylic acids is 1. The highest BCUT2D eigenvalue weighted by atomic mass is 19.4. The van der Waals surface area contributed by atoms with Crippen LogP contribution in [0.2, 0.25) is 0 Å². The van der Waals surface area contributed by atoms with Crippen LogP contribution in [0.5, 0.6) is 0 Å². The predicted molar refractivity (Wildman–Crippen MR) is 88.8 cm³/mol. The molecule has 0 unspecified atom stereocenters. The molecule has 0 aliphatic carbocycles. The molecule has 2 aliphatic rings. The van der Waals surface area contributed by atoms with Gasteiger partial charge in [0.05, 0.1) is 5.56 Å². The van der Waals surface area contributed by atoms with Gasteiger partial charge in [0, 0.05) is 38.3 Å². The van der Waals surface area contributed by atoms with Gasteiger partial charge >= 0.3 is 12.1 Å². The summed E-state index contributed by atoms with van der Waals surface area (Å²) in [5.41, 5.74) is 0.656. The minimum atomic E-state index is -5.08. The normalized spacial score (nSPS) is 18.7. The van der Waals surface area contributed by atoms with Crippen molar-refractivity contribution < 1.29 is 27.9 Å². The zero-order valence-electron chi connectivity index (χ0n) is 14.7. The van der Waals surface area contributed by atoms with Crippen molar-refractivity contribution in [3.05, 3.63) is 23.9 Å². The Hall–Kier alpha value is -2.83. The Balaban J connectivity index is 0.000000321. The number of carbonyl (C=O) groups is 2. The van der Waals surface area contributed by atoms with Gasteiger partial charge in [-0.05, 0) is 31.4 Å². The van der Waals surface area contributed by atoms with Gasteiger partial charge in [-0.15, -0.1) is 0 Å². The molecule has 1 amide bonds. The summed E-state index contributed by atoms with van der Waals surface area (Å²) < 4.78 is 31.7. The molecule has 2 saturated heterocycles. The number of rotatable bonds is 1. The first-order valence-electron chi connectivity index (χ1n) is 8.27. The Morgan fingerprint density at radius 2 is 1.89 bits per heavy atom. The molecule has 3 rings (SSSR count). The van der Waals surface area contributed by atoms with Crippen LogP contribution in [0.3, 0.4) is 0 Å². The van der Waals surface area contributed by atoms with E-state index in [9.17, 15) is 18.0 Å². The number of nitriles is 1. The van der Waals surface area contributed by atoms with E-state index >= 15 is 0 Å². The van der Waals surface area contributed by atoms with Crippen LogP contribution in [0, 0.1) is 11.3 Å².